The number of nitrogens with one attached hydrogen (secondary N) is 1. The highest BCUT2D eigenvalue weighted by Crippen LogP contribution is 2.58. The molecule has 2 fully saturated rings. The van der Waals surface area contributed by atoms with Gasteiger partial charge < -0.3 is 10.1 Å². The molecule has 0 aromatic carbocycles. The third-order valence-corrected chi connectivity index (χ3v) is 4.57. The van der Waals surface area contributed by atoms with Gasteiger partial charge in [-0.05, 0) is 30.4 Å². The minimum atomic E-state index is -4.70. The molecule has 0 radical (unpaired) electrons. The lowest BCUT2D eigenvalue weighted by Crippen LogP contribution is -2.62. The summed E-state index contributed by atoms with van der Waals surface area (Å²) in [6.07, 6.45) is -3.98. The summed E-state index contributed by atoms with van der Waals surface area (Å²) in [5, 5.41) is 3.06. The SMILES string of the molecule is COc1nc(C(F)(F)F)ccc1C(F)(F)C1CC2(CNC2)C1. The van der Waals surface area contributed by atoms with Crippen LogP contribution in [-0.4, -0.2) is 25.2 Å². The molecule has 1 aliphatic carbocycles. The van der Waals surface area contributed by atoms with Crippen LogP contribution in [0.5, 0.6) is 5.88 Å². The van der Waals surface area contributed by atoms with Gasteiger partial charge in [0.15, 0.2) is 0 Å². The van der Waals surface area contributed by atoms with Crippen molar-refractivity contribution in [3.8, 4) is 5.88 Å². The van der Waals surface area contributed by atoms with Gasteiger partial charge in [-0.2, -0.15) is 13.2 Å². The molecule has 122 valence electrons. The zero-order chi connectivity index (χ0) is 16.2. The fourth-order valence-electron chi connectivity index (χ4n) is 3.24. The van der Waals surface area contributed by atoms with Gasteiger partial charge in [-0.1, -0.05) is 0 Å². The molecule has 1 spiro atoms. The zero-order valence-electron chi connectivity index (χ0n) is 11.8. The van der Waals surface area contributed by atoms with Crippen LogP contribution >= 0.6 is 0 Å². The average molecular weight is 322 g/mol. The van der Waals surface area contributed by atoms with E-state index in [0.717, 1.165) is 26.3 Å². The Balaban J connectivity index is 1.86. The highest BCUT2D eigenvalue weighted by Gasteiger charge is 2.58. The lowest BCUT2D eigenvalue weighted by Gasteiger charge is -2.56. The van der Waals surface area contributed by atoms with Crippen molar-refractivity contribution in [3.05, 3.63) is 23.4 Å². The lowest BCUT2D eigenvalue weighted by atomic mass is 9.56. The number of hydrogen-bond acceptors (Lipinski definition) is 3. The first-order chi connectivity index (χ1) is 10.2. The maximum atomic E-state index is 14.6. The van der Waals surface area contributed by atoms with E-state index < -0.39 is 35.2 Å². The highest BCUT2D eigenvalue weighted by atomic mass is 19.4. The van der Waals surface area contributed by atoms with Crippen LogP contribution in [0.4, 0.5) is 22.0 Å². The summed E-state index contributed by atoms with van der Waals surface area (Å²) in [4.78, 5) is 3.20. The molecular weight excluding hydrogens is 307 g/mol. The molecule has 1 aliphatic heterocycles. The zero-order valence-corrected chi connectivity index (χ0v) is 11.8. The van der Waals surface area contributed by atoms with Gasteiger partial charge in [-0.15, -0.1) is 0 Å². The van der Waals surface area contributed by atoms with Gasteiger partial charge in [0.2, 0.25) is 5.88 Å². The summed E-state index contributed by atoms with van der Waals surface area (Å²) in [6, 6.07) is 1.35. The summed E-state index contributed by atoms with van der Waals surface area (Å²) < 4.78 is 71.6. The maximum absolute atomic E-state index is 14.6. The Labute approximate surface area is 123 Å². The quantitative estimate of drug-likeness (QED) is 0.868. The minimum absolute atomic E-state index is 0.0549. The summed E-state index contributed by atoms with van der Waals surface area (Å²) >= 11 is 0. The second-order valence-electron chi connectivity index (χ2n) is 6.08. The van der Waals surface area contributed by atoms with Crippen molar-refractivity contribution in [3.63, 3.8) is 0 Å². The van der Waals surface area contributed by atoms with E-state index in [1.807, 2.05) is 0 Å². The topological polar surface area (TPSA) is 34.1 Å². The summed E-state index contributed by atoms with van der Waals surface area (Å²) in [7, 11) is 1.04. The van der Waals surface area contributed by atoms with E-state index in [1.165, 1.54) is 0 Å². The van der Waals surface area contributed by atoms with Crippen LogP contribution in [-0.2, 0) is 12.1 Å². The summed E-state index contributed by atoms with van der Waals surface area (Å²) in [5.41, 5.74) is -1.87. The molecule has 0 unspecified atom stereocenters. The molecule has 8 heteroatoms. The Morgan fingerprint density at radius 3 is 2.27 bits per heavy atom. The Morgan fingerprint density at radius 2 is 1.82 bits per heavy atom. The number of methoxy groups -OCH3 is 1. The van der Waals surface area contributed by atoms with Crippen LogP contribution in [0.3, 0.4) is 0 Å². The molecule has 1 saturated carbocycles. The van der Waals surface area contributed by atoms with E-state index >= 15 is 0 Å². The number of nitrogens with zero attached hydrogens (tertiary/aromatic N) is 1. The predicted octanol–water partition coefficient (Wildman–Crippen LogP) is 3.20. The van der Waals surface area contributed by atoms with E-state index in [1.54, 1.807) is 0 Å². The number of ether oxygens (including phenoxy) is 1. The molecule has 0 bridgehead atoms. The molecule has 0 atom stereocenters. The van der Waals surface area contributed by atoms with Crippen molar-refractivity contribution in [1.29, 1.82) is 0 Å². The molecule has 2 aliphatic rings. The van der Waals surface area contributed by atoms with Crippen molar-refractivity contribution in [2.45, 2.75) is 24.9 Å². The predicted molar refractivity (Wildman–Crippen MR) is 67.7 cm³/mol. The van der Waals surface area contributed by atoms with Crippen molar-refractivity contribution >= 4 is 0 Å². The van der Waals surface area contributed by atoms with E-state index in [-0.39, 0.29) is 5.41 Å². The van der Waals surface area contributed by atoms with Crippen molar-refractivity contribution in [1.82, 2.24) is 10.3 Å². The number of rotatable bonds is 3. The van der Waals surface area contributed by atoms with E-state index in [4.69, 9.17) is 0 Å². The van der Waals surface area contributed by atoms with E-state index in [2.05, 4.69) is 15.0 Å². The van der Waals surface area contributed by atoms with Crippen LogP contribution in [0.25, 0.3) is 0 Å². The van der Waals surface area contributed by atoms with Gasteiger partial charge in [-0.25, -0.2) is 13.8 Å². The van der Waals surface area contributed by atoms with Crippen molar-refractivity contribution < 1.29 is 26.7 Å². The molecule has 1 N–H and O–H groups in total. The van der Waals surface area contributed by atoms with Gasteiger partial charge >= 0.3 is 6.18 Å². The normalized spacial score (nSPS) is 21.4. The first-order valence-corrected chi connectivity index (χ1v) is 6.89. The number of pyridine rings is 1. The molecule has 1 saturated heterocycles. The van der Waals surface area contributed by atoms with E-state index in [0.29, 0.717) is 18.9 Å². The third kappa shape index (κ3) is 2.33. The van der Waals surface area contributed by atoms with Crippen LogP contribution in [0.15, 0.2) is 12.1 Å². The molecule has 1 aromatic heterocycles. The Hall–Kier alpha value is -1.44. The van der Waals surface area contributed by atoms with Crippen LogP contribution in [0.2, 0.25) is 0 Å². The number of halogens is 5. The van der Waals surface area contributed by atoms with Crippen LogP contribution in [0, 0.1) is 11.3 Å². The molecule has 3 nitrogen and oxygen atoms in total. The fourth-order valence-corrected chi connectivity index (χ4v) is 3.24. The molecule has 1 aromatic rings. The number of aromatic nitrogens is 1. The molecular formula is C14H15F5N2O. The molecule has 22 heavy (non-hydrogen) atoms. The van der Waals surface area contributed by atoms with Gasteiger partial charge in [0.25, 0.3) is 5.92 Å². The van der Waals surface area contributed by atoms with Crippen molar-refractivity contribution in [2.24, 2.45) is 11.3 Å². The van der Waals surface area contributed by atoms with Gasteiger partial charge in [0, 0.05) is 19.0 Å². The van der Waals surface area contributed by atoms with E-state index in [9.17, 15) is 22.0 Å². The summed E-state index contributed by atoms with van der Waals surface area (Å²) in [5.74, 6) is -4.79. The third-order valence-electron chi connectivity index (χ3n) is 4.57. The molecule has 3 rings (SSSR count). The largest absolute Gasteiger partial charge is 0.481 e. The molecule has 0 amide bonds. The maximum Gasteiger partial charge on any atom is 0.433 e. The van der Waals surface area contributed by atoms with Crippen molar-refractivity contribution in [2.75, 3.05) is 20.2 Å². The number of alkyl halides is 5. The minimum Gasteiger partial charge on any atom is -0.481 e. The Bertz CT molecular complexity index is 575. The Morgan fingerprint density at radius 1 is 1.18 bits per heavy atom. The van der Waals surface area contributed by atoms with Crippen LogP contribution in [0.1, 0.15) is 24.1 Å². The fraction of sp³-hybridized carbons (Fsp3) is 0.643. The smallest absolute Gasteiger partial charge is 0.433 e. The van der Waals surface area contributed by atoms with Crippen LogP contribution < -0.4 is 10.1 Å². The van der Waals surface area contributed by atoms with Gasteiger partial charge in [0.05, 0.1) is 12.7 Å². The second-order valence-corrected chi connectivity index (χ2v) is 6.08. The second kappa shape index (κ2) is 4.78. The summed E-state index contributed by atoms with van der Waals surface area (Å²) in [6.45, 7) is 1.45. The first-order valence-electron chi connectivity index (χ1n) is 6.89. The molecule has 2 heterocycles. The first kappa shape index (κ1) is 15.5. The lowest BCUT2D eigenvalue weighted by molar-refractivity contribution is -0.157. The van der Waals surface area contributed by atoms with Gasteiger partial charge in [0.1, 0.15) is 5.69 Å². The Kier molecular flexibility index (Phi) is 3.36. The number of hydrogen-bond donors (Lipinski definition) is 1. The highest BCUT2D eigenvalue weighted by molar-refractivity contribution is 5.34. The monoisotopic (exact) mass is 322 g/mol. The standard InChI is InChI=1S/C14H15F5N2O/c1-22-11-9(2-3-10(21-11)14(17,18)19)13(15,16)8-4-12(5-8)6-20-7-12/h2-3,8,20H,4-7H2,1H3. The van der Waals surface area contributed by atoms with Gasteiger partial charge in [-0.3, -0.25) is 0 Å². The average Bonchev–Trinajstić information content (AvgIpc) is 2.33.